The van der Waals surface area contributed by atoms with Gasteiger partial charge in [0.05, 0.1) is 0 Å². The third-order valence-electron chi connectivity index (χ3n) is 1.12. The van der Waals surface area contributed by atoms with E-state index in [9.17, 15) is 4.79 Å². The standard InChI is InChI=1S/C6H7ClN2O/c7-5(6(8)10)9-3-1-2-4-9/h1-5H,(H2,8,10). The predicted octanol–water partition coefficient (Wildman–Crippen LogP) is 0.711. The summed E-state index contributed by atoms with van der Waals surface area (Å²) in [7, 11) is 0. The van der Waals surface area contributed by atoms with Gasteiger partial charge < -0.3 is 10.3 Å². The van der Waals surface area contributed by atoms with Crippen molar-refractivity contribution < 1.29 is 4.79 Å². The summed E-state index contributed by atoms with van der Waals surface area (Å²) in [6.45, 7) is 0. The number of hydrogen-bond donors (Lipinski definition) is 1. The van der Waals surface area contributed by atoms with E-state index < -0.39 is 11.4 Å². The summed E-state index contributed by atoms with van der Waals surface area (Å²) in [5, 5.41) is 0. The maximum atomic E-state index is 10.5. The number of amides is 1. The summed E-state index contributed by atoms with van der Waals surface area (Å²) < 4.78 is 1.53. The summed E-state index contributed by atoms with van der Waals surface area (Å²) >= 11 is 5.57. The Kier molecular flexibility index (Phi) is 1.97. The van der Waals surface area contributed by atoms with E-state index >= 15 is 0 Å². The Labute approximate surface area is 63.4 Å². The fourth-order valence-corrected chi connectivity index (χ4v) is 0.776. The largest absolute Gasteiger partial charge is 0.367 e. The fourth-order valence-electron chi connectivity index (χ4n) is 0.646. The highest BCUT2D eigenvalue weighted by atomic mass is 35.5. The van der Waals surface area contributed by atoms with Crippen LogP contribution in [0.5, 0.6) is 0 Å². The summed E-state index contributed by atoms with van der Waals surface area (Å²) in [6, 6.07) is 3.55. The van der Waals surface area contributed by atoms with Crippen LogP contribution in [0.3, 0.4) is 0 Å². The molecule has 1 unspecified atom stereocenters. The number of hydrogen-bond acceptors (Lipinski definition) is 1. The summed E-state index contributed by atoms with van der Waals surface area (Å²) in [6.07, 6.45) is 3.37. The number of rotatable bonds is 2. The van der Waals surface area contributed by atoms with Crippen molar-refractivity contribution in [3.63, 3.8) is 0 Å². The number of nitrogens with two attached hydrogens (primary N) is 1. The number of aromatic nitrogens is 1. The molecule has 0 saturated carbocycles. The number of primary amides is 1. The molecule has 2 N–H and O–H groups in total. The third-order valence-corrected chi connectivity index (χ3v) is 1.56. The lowest BCUT2D eigenvalue weighted by Crippen LogP contribution is -2.20. The van der Waals surface area contributed by atoms with Crippen LogP contribution in [0.15, 0.2) is 24.5 Å². The Morgan fingerprint density at radius 2 is 2.00 bits per heavy atom. The van der Waals surface area contributed by atoms with E-state index in [0.717, 1.165) is 0 Å². The molecule has 4 heteroatoms. The first-order valence-corrected chi connectivity index (χ1v) is 3.21. The van der Waals surface area contributed by atoms with E-state index in [0.29, 0.717) is 0 Å². The molecule has 0 radical (unpaired) electrons. The van der Waals surface area contributed by atoms with E-state index in [1.165, 1.54) is 4.57 Å². The van der Waals surface area contributed by atoms with Crippen LogP contribution in [0.4, 0.5) is 0 Å². The van der Waals surface area contributed by atoms with Crippen molar-refractivity contribution in [3.8, 4) is 0 Å². The molecule has 0 spiro atoms. The van der Waals surface area contributed by atoms with Crippen LogP contribution in [0.2, 0.25) is 0 Å². The minimum Gasteiger partial charge on any atom is -0.367 e. The Morgan fingerprint density at radius 3 is 2.40 bits per heavy atom. The lowest BCUT2D eigenvalue weighted by molar-refractivity contribution is -0.119. The molecule has 0 aliphatic heterocycles. The third kappa shape index (κ3) is 1.30. The number of alkyl halides is 1. The minimum atomic E-state index is -0.769. The quantitative estimate of drug-likeness (QED) is 0.634. The average Bonchev–Trinajstić information content (AvgIpc) is 2.36. The average molecular weight is 159 g/mol. The SMILES string of the molecule is NC(=O)C(Cl)n1cccc1. The van der Waals surface area contributed by atoms with Gasteiger partial charge in [-0.25, -0.2) is 0 Å². The van der Waals surface area contributed by atoms with Crippen LogP contribution < -0.4 is 5.73 Å². The lowest BCUT2D eigenvalue weighted by atomic mass is 10.6. The molecule has 10 heavy (non-hydrogen) atoms. The number of nitrogens with zero attached hydrogens (tertiary/aromatic N) is 1. The second-order valence-electron chi connectivity index (χ2n) is 1.87. The number of carbonyl (C=O) groups excluding carboxylic acids is 1. The Morgan fingerprint density at radius 1 is 1.50 bits per heavy atom. The minimum absolute atomic E-state index is 0.544. The molecule has 0 saturated heterocycles. The van der Waals surface area contributed by atoms with Gasteiger partial charge in [0.25, 0.3) is 5.91 Å². The summed E-state index contributed by atoms with van der Waals surface area (Å²) in [5.41, 5.74) is 4.17. The second-order valence-corrected chi connectivity index (χ2v) is 2.28. The van der Waals surface area contributed by atoms with Crippen molar-refractivity contribution in [2.75, 3.05) is 0 Å². The van der Waals surface area contributed by atoms with E-state index in [2.05, 4.69) is 0 Å². The predicted molar refractivity (Wildman–Crippen MR) is 38.5 cm³/mol. The fraction of sp³-hybridized carbons (Fsp3) is 0.167. The van der Waals surface area contributed by atoms with Crippen LogP contribution >= 0.6 is 11.6 Å². The van der Waals surface area contributed by atoms with Gasteiger partial charge in [-0.2, -0.15) is 0 Å². The van der Waals surface area contributed by atoms with Gasteiger partial charge in [0.2, 0.25) is 0 Å². The molecule has 1 heterocycles. The van der Waals surface area contributed by atoms with Gasteiger partial charge in [0, 0.05) is 12.4 Å². The van der Waals surface area contributed by atoms with Crippen molar-refractivity contribution in [1.82, 2.24) is 4.57 Å². The highest BCUT2D eigenvalue weighted by Crippen LogP contribution is 2.09. The van der Waals surface area contributed by atoms with Crippen molar-refractivity contribution in [3.05, 3.63) is 24.5 Å². The molecule has 0 bridgehead atoms. The zero-order chi connectivity index (χ0) is 7.56. The van der Waals surface area contributed by atoms with Gasteiger partial charge >= 0.3 is 0 Å². The molecule has 1 atom stereocenters. The second kappa shape index (κ2) is 2.75. The van der Waals surface area contributed by atoms with E-state index in [-0.39, 0.29) is 0 Å². The maximum absolute atomic E-state index is 10.5. The highest BCUT2D eigenvalue weighted by molar-refractivity contribution is 6.28. The topological polar surface area (TPSA) is 48.0 Å². The first-order chi connectivity index (χ1) is 4.72. The van der Waals surface area contributed by atoms with Crippen LogP contribution in [0, 0.1) is 0 Å². The lowest BCUT2D eigenvalue weighted by Gasteiger charge is -2.04. The number of carbonyl (C=O) groups is 1. The molecule has 54 valence electrons. The molecule has 3 nitrogen and oxygen atoms in total. The maximum Gasteiger partial charge on any atom is 0.256 e. The summed E-state index contributed by atoms with van der Waals surface area (Å²) in [5.74, 6) is -0.544. The van der Waals surface area contributed by atoms with Crippen LogP contribution in [0.1, 0.15) is 5.50 Å². The van der Waals surface area contributed by atoms with Crippen LogP contribution in [0.25, 0.3) is 0 Å². The molecule has 1 rings (SSSR count). The van der Waals surface area contributed by atoms with Gasteiger partial charge in [0.15, 0.2) is 5.50 Å². The first kappa shape index (κ1) is 7.15. The molecule has 1 aromatic rings. The molecule has 1 aromatic heterocycles. The Balaban J connectivity index is 2.77. The van der Waals surface area contributed by atoms with Crippen molar-refractivity contribution in [2.45, 2.75) is 5.50 Å². The van der Waals surface area contributed by atoms with Gasteiger partial charge in [-0.05, 0) is 12.1 Å². The van der Waals surface area contributed by atoms with Crippen LogP contribution in [-0.4, -0.2) is 10.5 Å². The molecule has 1 amide bonds. The summed E-state index contributed by atoms with van der Waals surface area (Å²) in [4.78, 5) is 10.5. The van der Waals surface area contributed by atoms with Gasteiger partial charge in [-0.1, -0.05) is 11.6 Å². The first-order valence-electron chi connectivity index (χ1n) is 2.77. The van der Waals surface area contributed by atoms with Crippen molar-refractivity contribution >= 4 is 17.5 Å². The van der Waals surface area contributed by atoms with Crippen LogP contribution in [-0.2, 0) is 4.79 Å². The molecule has 0 aliphatic carbocycles. The molecular weight excluding hydrogens is 152 g/mol. The normalized spacial score (nSPS) is 12.9. The van der Waals surface area contributed by atoms with Gasteiger partial charge in [-0.3, -0.25) is 4.79 Å². The molecule has 0 fully saturated rings. The zero-order valence-corrected chi connectivity index (χ0v) is 5.95. The Bertz CT molecular complexity index is 220. The van der Waals surface area contributed by atoms with Gasteiger partial charge in [-0.15, -0.1) is 0 Å². The van der Waals surface area contributed by atoms with E-state index in [1.54, 1.807) is 24.5 Å². The molecule has 0 aromatic carbocycles. The van der Waals surface area contributed by atoms with E-state index in [4.69, 9.17) is 17.3 Å². The zero-order valence-electron chi connectivity index (χ0n) is 5.20. The van der Waals surface area contributed by atoms with E-state index in [1.807, 2.05) is 0 Å². The van der Waals surface area contributed by atoms with Gasteiger partial charge in [0.1, 0.15) is 0 Å². The van der Waals surface area contributed by atoms with Crippen molar-refractivity contribution in [1.29, 1.82) is 0 Å². The molecular formula is C6H7ClN2O. The smallest absolute Gasteiger partial charge is 0.256 e. The highest BCUT2D eigenvalue weighted by Gasteiger charge is 2.10. The monoisotopic (exact) mass is 158 g/mol. The number of halogens is 1. The Hall–Kier alpha value is -0.960. The molecule has 0 aliphatic rings. The van der Waals surface area contributed by atoms with Crippen molar-refractivity contribution in [2.24, 2.45) is 5.73 Å².